The van der Waals surface area contributed by atoms with Crippen molar-refractivity contribution in [3.8, 4) is 0 Å². The maximum Gasteiger partial charge on any atom is 0.0317 e. The van der Waals surface area contributed by atoms with E-state index in [0.717, 1.165) is 18.2 Å². The fraction of sp³-hybridized carbons (Fsp3) is 0.571. The third kappa shape index (κ3) is 3.72. The largest absolute Gasteiger partial charge is 0.399 e. The van der Waals surface area contributed by atoms with Gasteiger partial charge < -0.3 is 15.5 Å². The van der Waals surface area contributed by atoms with Crippen molar-refractivity contribution in [3.63, 3.8) is 0 Å². The van der Waals surface area contributed by atoms with Gasteiger partial charge in [-0.3, -0.25) is 0 Å². The molecule has 1 heterocycles. The Bertz CT molecular complexity index is 364. The second-order valence-electron chi connectivity index (χ2n) is 5.36. The Morgan fingerprint density at radius 3 is 2.94 bits per heavy atom. The molecule has 17 heavy (non-hydrogen) atoms. The SMILES string of the molecule is CN1CCC(CN(C)Cc2cccc(N)c2)C1. The van der Waals surface area contributed by atoms with Gasteiger partial charge >= 0.3 is 0 Å². The van der Waals surface area contributed by atoms with Gasteiger partial charge in [0.15, 0.2) is 0 Å². The van der Waals surface area contributed by atoms with Crippen molar-refractivity contribution in [1.29, 1.82) is 0 Å². The molecular weight excluding hydrogens is 210 g/mol. The zero-order valence-electron chi connectivity index (χ0n) is 10.9. The number of rotatable bonds is 4. The maximum atomic E-state index is 5.79. The van der Waals surface area contributed by atoms with Crippen molar-refractivity contribution in [2.45, 2.75) is 13.0 Å². The average Bonchev–Trinajstić information content (AvgIpc) is 2.63. The van der Waals surface area contributed by atoms with Crippen LogP contribution in [0.5, 0.6) is 0 Å². The summed E-state index contributed by atoms with van der Waals surface area (Å²) in [5.74, 6) is 0.825. The van der Waals surface area contributed by atoms with Crippen molar-refractivity contribution >= 4 is 5.69 Å². The first-order valence-electron chi connectivity index (χ1n) is 6.35. The summed E-state index contributed by atoms with van der Waals surface area (Å²) >= 11 is 0. The van der Waals surface area contributed by atoms with Gasteiger partial charge in [0.2, 0.25) is 0 Å². The molecule has 1 aromatic rings. The second kappa shape index (κ2) is 5.52. The number of nitrogens with zero attached hydrogens (tertiary/aromatic N) is 2. The van der Waals surface area contributed by atoms with Gasteiger partial charge in [0.1, 0.15) is 0 Å². The number of nitrogen functional groups attached to an aromatic ring is 1. The van der Waals surface area contributed by atoms with Crippen LogP contribution >= 0.6 is 0 Å². The van der Waals surface area contributed by atoms with Gasteiger partial charge in [-0.2, -0.15) is 0 Å². The van der Waals surface area contributed by atoms with Crippen molar-refractivity contribution in [1.82, 2.24) is 9.80 Å². The van der Waals surface area contributed by atoms with E-state index in [4.69, 9.17) is 5.73 Å². The number of anilines is 1. The molecular formula is C14H23N3. The normalized spacial score (nSPS) is 21.2. The van der Waals surface area contributed by atoms with Crippen LogP contribution in [-0.2, 0) is 6.54 Å². The molecule has 2 N–H and O–H groups in total. The highest BCUT2D eigenvalue weighted by atomic mass is 15.1. The van der Waals surface area contributed by atoms with Gasteiger partial charge in [-0.05, 0) is 50.7 Å². The zero-order chi connectivity index (χ0) is 12.3. The molecule has 0 radical (unpaired) electrons. The Morgan fingerprint density at radius 2 is 2.29 bits per heavy atom. The van der Waals surface area contributed by atoms with E-state index in [2.05, 4.69) is 36.0 Å². The fourth-order valence-electron chi connectivity index (χ4n) is 2.68. The highest BCUT2D eigenvalue weighted by Gasteiger charge is 2.20. The first-order chi connectivity index (χ1) is 8.13. The van der Waals surface area contributed by atoms with E-state index in [1.165, 1.54) is 31.6 Å². The lowest BCUT2D eigenvalue weighted by Gasteiger charge is -2.21. The molecule has 2 rings (SSSR count). The number of hydrogen-bond donors (Lipinski definition) is 1. The second-order valence-corrected chi connectivity index (χ2v) is 5.36. The lowest BCUT2D eigenvalue weighted by atomic mass is 10.1. The molecule has 1 fully saturated rings. The van der Waals surface area contributed by atoms with E-state index in [-0.39, 0.29) is 0 Å². The predicted octanol–water partition coefficient (Wildman–Crippen LogP) is 1.65. The van der Waals surface area contributed by atoms with E-state index < -0.39 is 0 Å². The molecule has 1 aliphatic heterocycles. The van der Waals surface area contributed by atoms with Crippen LogP contribution in [-0.4, -0.2) is 43.5 Å². The Hall–Kier alpha value is -1.06. The summed E-state index contributed by atoms with van der Waals surface area (Å²) in [6.45, 7) is 4.66. The Morgan fingerprint density at radius 1 is 1.47 bits per heavy atom. The molecule has 94 valence electrons. The first kappa shape index (κ1) is 12.4. The molecule has 1 atom stereocenters. The lowest BCUT2D eigenvalue weighted by Crippen LogP contribution is -2.27. The minimum Gasteiger partial charge on any atom is -0.399 e. The summed E-state index contributed by atoms with van der Waals surface area (Å²) in [6.07, 6.45) is 1.33. The maximum absolute atomic E-state index is 5.79. The minimum atomic E-state index is 0.825. The number of benzene rings is 1. The highest BCUT2D eigenvalue weighted by Crippen LogP contribution is 2.16. The molecule has 1 unspecified atom stereocenters. The van der Waals surface area contributed by atoms with Gasteiger partial charge in [-0.15, -0.1) is 0 Å². The van der Waals surface area contributed by atoms with Crippen LogP contribution in [0.4, 0.5) is 5.69 Å². The summed E-state index contributed by atoms with van der Waals surface area (Å²) in [7, 11) is 4.40. The number of likely N-dealkylation sites (tertiary alicyclic amines) is 1. The standard InChI is InChI=1S/C14H23N3/c1-16-7-6-13(10-16)11-17(2)9-12-4-3-5-14(15)8-12/h3-5,8,13H,6-7,9-11,15H2,1-2H3. The third-order valence-electron chi connectivity index (χ3n) is 3.46. The van der Waals surface area contributed by atoms with Gasteiger partial charge in [-0.1, -0.05) is 12.1 Å². The van der Waals surface area contributed by atoms with Gasteiger partial charge in [-0.25, -0.2) is 0 Å². The van der Waals surface area contributed by atoms with Crippen molar-refractivity contribution in [2.24, 2.45) is 5.92 Å². The van der Waals surface area contributed by atoms with Crippen LogP contribution in [0, 0.1) is 5.92 Å². The smallest absolute Gasteiger partial charge is 0.0317 e. The molecule has 1 aliphatic rings. The quantitative estimate of drug-likeness (QED) is 0.803. The number of nitrogens with two attached hydrogens (primary N) is 1. The molecule has 0 aromatic heterocycles. The van der Waals surface area contributed by atoms with Crippen molar-refractivity contribution in [2.75, 3.05) is 39.5 Å². The van der Waals surface area contributed by atoms with Gasteiger partial charge in [0.25, 0.3) is 0 Å². The van der Waals surface area contributed by atoms with Crippen LogP contribution in [0.2, 0.25) is 0 Å². The van der Waals surface area contributed by atoms with E-state index in [1.807, 2.05) is 12.1 Å². The van der Waals surface area contributed by atoms with Crippen molar-refractivity contribution < 1.29 is 0 Å². The predicted molar refractivity (Wildman–Crippen MR) is 72.8 cm³/mol. The van der Waals surface area contributed by atoms with E-state index >= 15 is 0 Å². The van der Waals surface area contributed by atoms with E-state index in [9.17, 15) is 0 Å². The summed E-state index contributed by atoms with van der Waals surface area (Å²) < 4.78 is 0. The summed E-state index contributed by atoms with van der Waals surface area (Å²) in [6, 6.07) is 8.18. The summed E-state index contributed by atoms with van der Waals surface area (Å²) in [5, 5.41) is 0. The zero-order valence-corrected chi connectivity index (χ0v) is 10.9. The fourth-order valence-corrected chi connectivity index (χ4v) is 2.68. The topological polar surface area (TPSA) is 32.5 Å². The summed E-state index contributed by atoms with van der Waals surface area (Å²) in [4.78, 5) is 4.82. The monoisotopic (exact) mass is 233 g/mol. The van der Waals surface area contributed by atoms with Gasteiger partial charge in [0.05, 0.1) is 0 Å². The Labute approximate surface area is 104 Å². The first-order valence-corrected chi connectivity index (χ1v) is 6.35. The minimum absolute atomic E-state index is 0.825. The molecule has 0 aliphatic carbocycles. The van der Waals surface area contributed by atoms with Crippen LogP contribution < -0.4 is 5.73 Å². The molecule has 0 saturated carbocycles. The molecule has 0 amide bonds. The Balaban J connectivity index is 1.83. The molecule has 1 aromatic carbocycles. The van der Waals surface area contributed by atoms with E-state index in [0.29, 0.717) is 0 Å². The summed E-state index contributed by atoms with van der Waals surface area (Å²) in [5.41, 5.74) is 7.95. The average molecular weight is 233 g/mol. The van der Waals surface area contributed by atoms with Crippen molar-refractivity contribution in [3.05, 3.63) is 29.8 Å². The third-order valence-corrected chi connectivity index (χ3v) is 3.46. The van der Waals surface area contributed by atoms with Crippen LogP contribution in [0.15, 0.2) is 24.3 Å². The molecule has 0 bridgehead atoms. The van der Waals surface area contributed by atoms with Crippen LogP contribution in [0.25, 0.3) is 0 Å². The highest BCUT2D eigenvalue weighted by molar-refractivity contribution is 5.40. The lowest BCUT2D eigenvalue weighted by molar-refractivity contribution is 0.267. The van der Waals surface area contributed by atoms with Crippen LogP contribution in [0.1, 0.15) is 12.0 Å². The number of hydrogen-bond acceptors (Lipinski definition) is 3. The van der Waals surface area contributed by atoms with Crippen LogP contribution in [0.3, 0.4) is 0 Å². The Kier molecular flexibility index (Phi) is 4.02. The molecule has 0 spiro atoms. The molecule has 1 saturated heterocycles. The van der Waals surface area contributed by atoms with E-state index in [1.54, 1.807) is 0 Å². The van der Waals surface area contributed by atoms with Gasteiger partial charge in [0, 0.05) is 25.3 Å². The molecule has 3 nitrogen and oxygen atoms in total. The molecule has 3 heteroatoms.